The topological polar surface area (TPSA) is 507 Å². The number of rotatable bonds is 42. The van der Waals surface area contributed by atoms with Crippen LogP contribution >= 0.6 is 0 Å². The summed E-state index contributed by atoms with van der Waals surface area (Å²) in [6.45, 7) is 7.54. The van der Waals surface area contributed by atoms with Crippen LogP contribution in [0.1, 0.15) is 121 Å². The Morgan fingerprint density at radius 2 is 0.911 bits per heavy atom. The molecule has 4 aromatic carbocycles. The molecule has 23 N–H and O–H groups in total. The first kappa shape index (κ1) is 81.3. The lowest BCUT2D eigenvalue weighted by Crippen LogP contribution is -2.61. The van der Waals surface area contributed by atoms with Crippen LogP contribution in [-0.4, -0.2) is 178 Å². The van der Waals surface area contributed by atoms with E-state index in [4.69, 9.17) is 33.8 Å². The Morgan fingerprint density at radius 1 is 0.505 bits per heavy atom. The second-order valence-corrected chi connectivity index (χ2v) is 25.9. The van der Waals surface area contributed by atoms with Gasteiger partial charge in [0.25, 0.3) is 0 Å². The van der Waals surface area contributed by atoms with E-state index in [1.54, 1.807) is 113 Å². The zero-order valence-corrected chi connectivity index (χ0v) is 57.9. The third kappa shape index (κ3) is 28.1. The minimum Gasteiger partial charge on any atom is -0.508 e. The van der Waals surface area contributed by atoms with Crippen LogP contribution in [-0.2, 0) is 73.6 Å². The summed E-state index contributed by atoms with van der Waals surface area (Å²) in [5, 5.41) is 72.8. The van der Waals surface area contributed by atoms with Crippen molar-refractivity contribution in [3.63, 3.8) is 0 Å². The summed E-state index contributed by atoms with van der Waals surface area (Å²) >= 11 is 0. The van der Waals surface area contributed by atoms with E-state index >= 15 is 14.4 Å². The predicted octanol–water partition coefficient (Wildman–Crippen LogP) is 0.397. The van der Waals surface area contributed by atoms with E-state index in [0.29, 0.717) is 54.5 Å². The van der Waals surface area contributed by atoms with Gasteiger partial charge in [-0.2, -0.15) is 0 Å². The van der Waals surface area contributed by atoms with Crippen molar-refractivity contribution in [2.24, 2.45) is 34.8 Å². The van der Waals surface area contributed by atoms with E-state index in [2.05, 4.69) is 53.2 Å². The highest BCUT2D eigenvalue weighted by Gasteiger charge is 2.41. The lowest BCUT2D eigenvalue weighted by Gasteiger charge is -2.32. The maximum atomic E-state index is 15.2. The maximum absolute atomic E-state index is 15.2. The SMILES string of the molecule is CCC(C)C(NC(=O)C(Cc1ccc(O)cc1)NC(=O)C1CCCN1C(=O)C(CCCNC(=N)N)NC(=O)C(CCCNC(=N)N)NC(=O)C(Cc1ccccc1)NC(=O)C(Cc1ccccc1)NC(=O)[C@@H](CCCCN)NC(=O)C(N)Cc1ccc(O)cc1)C(=O)NC(CC(C)C)C(=O)O. The van der Waals surface area contributed by atoms with Crippen LogP contribution in [0.4, 0.5) is 0 Å². The van der Waals surface area contributed by atoms with Gasteiger partial charge >= 0.3 is 5.97 Å². The average molecular weight is 1400 g/mol. The van der Waals surface area contributed by atoms with Crippen LogP contribution in [0, 0.1) is 22.7 Å². The Kier molecular flexibility index (Phi) is 33.7. The number of nitrogens with two attached hydrogens (primary N) is 4. The molecule has 11 atom stereocenters. The molecule has 0 radical (unpaired) electrons. The minimum absolute atomic E-state index is 0.0183. The highest BCUT2D eigenvalue weighted by Crippen LogP contribution is 2.22. The number of amides is 9. The first-order chi connectivity index (χ1) is 48.2. The van der Waals surface area contributed by atoms with Crippen molar-refractivity contribution in [3.8, 4) is 11.5 Å². The molecule has 4 aromatic rings. The van der Waals surface area contributed by atoms with Crippen LogP contribution in [0.15, 0.2) is 109 Å². The van der Waals surface area contributed by atoms with Crippen LogP contribution in [0.2, 0.25) is 0 Å². The fraction of sp³-hybridized carbons (Fsp3) is 0.493. The predicted molar refractivity (Wildman–Crippen MR) is 380 cm³/mol. The van der Waals surface area contributed by atoms with E-state index in [9.17, 15) is 48.9 Å². The number of phenols is 2. The molecular formula is C71H103N17O13. The number of carbonyl (C=O) groups is 10. The van der Waals surface area contributed by atoms with Crippen LogP contribution in [0.3, 0.4) is 0 Å². The molecule has 0 aromatic heterocycles. The van der Waals surface area contributed by atoms with Crippen molar-refractivity contribution < 1.29 is 63.3 Å². The van der Waals surface area contributed by atoms with Crippen LogP contribution in [0.5, 0.6) is 11.5 Å². The van der Waals surface area contributed by atoms with Crippen LogP contribution in [0.25, 0.3) is 0 Å². The van der Waals surface area contributed by atoms with Crippen molar-refractivity contribution in [2.45, 2.75) is 184 Å². The highest BCUT2D eigenvalue weighted by molar-refractivity contribution is 5.99. The van der Waals surface area contributed by atoms with Gasteiger partial charge in [-0.25, -0.2) is 4.79 Å². The molecule has 0 bridgehead atoms. The van der Waals surface area contributed by atoms with Gasteiger partial charge in [-0.1, -0.05) is 119 Å². The van der Waals surface area contributed by atoms with Gasteiger partial charge in [0, 0.05) is 38.9 Å². The number of nitrogens with zero attached hydrogens (tertiary/aromatic N) is 1. The van der Waals surface area contributed by atoms with Gasteiger partial charge in [0.1, 0.15) is 65.9 Å². The smallest absolute Gasteiger partial charge is 0.326 e. The molecule has 1 aliphatic rings. The summed E-state index contributed by atoms with van der Waals surface area (Å²) in [6, 6.07) is 16.3. The molecule has 5 rings (SSSR count). The Hall–Kier alpha value is -10.4. The number of carbonyl (C=O) groups excluding carboxylic acids is 9. The number of unbranched alkanes of at least 4 members (excludes halogenated alkanes) is 1. The summed E-state index contributed by atoms with van der Waals surface area (Å²) < 4.78 is 0. The maximum Gasteiger partial charge on any atom is 0.326 e. The third-order valence-corrected chi connectivity index (χ3v) is 17.3. The first-order valence-corrected chi connectivity index (χ1v) is 34.4. The minimum atomic E-state index is -1.46. The molecule has 0 spiro atoms. The number of carboxylic acids is 1. The highest BCUT2D eigenvalue weighted by atomic mass is 16.4. The number of aliphatic carboxylic acids is 1. The van der Waals surface area contributed by atoms with Gasteiger partial charge in [0.2, 0.25) is 53.2 Å². The van der Waals surface area contributed by atoms with Crippen molar-refractivity contribution in [1.82, 2.24) is 58.1 Å². The number of aromatic hydroxyl groups is 2. The van der Waals surface area contributed by atoms with Gasteiger partial charge < -0.3 is 96.3 Å². The Bertz CT molecular complexity index is 3390. The van der Waals surface area contributed by atoms with Crippen LogP contribution < -0.4 is 76.1 Å². The molecule has 101 heavy (non-hydrogen) atoms. The number of likely N-dealkylation sites (tertiary alicyclic amines) is 1. The molecule has 1 heterocycles. The Labute approximate surface area is 589 Å². The number of hydrogen-bond donors (Lipinski definition) is 19. The molecule has 1 saturated heterocycles. The number of carboxylic acid groups (broad SMARTS) is 1. The number of guanidine groups is 2. The molecule has 9 amide bonds. The van der Waals surface area contributed by atoms with E-state index in [-0.39, 0.29) is 120 Å². The summed E-state index contributed by atoms with van der Waals surface area (Å²) in [4.78, 5) is 145. The zero-order valence-electron chi connectivity index (χ0n) is 57.9. The monoisotopic (exact) mass is 1400 g/mol. The van der Waals surface area contributed by atoms with Crippen molar-refractivity contribution in [1.29, 1.82) is 10.8 Å². The first-order valence-electron chi connectivity index (χ1n) is 34.4. The van der Waals surface area contributed by atoms with Gasteiger partial charge in [-0.15, -0.1) is 0 Å². The average Bonchev–Trinajstić information content (AvgIpc) is 1.77. The fourth-order valence-corrected chi connectivity index (χ4v) is 11.6. The molecule has 1 aliphatic heterocycles. The lowest BCUT2D eigenvalue weighted by atomic mass is 9.96. The zero-order chi connectivity index (χ0) is 74.1. The van der Waals surface area contributed by atoms with Crippen molar-refractivity contribution >= 4 is 71.1 Å². The summed E-state index contributed by atoms with van der Waals surface area (Å²) in [6.07, 6.45) is 1.65. The fourth-order valence-electron chi connectivity index (χ4n) is 11.6. The van der Waals surface area contributed by atoms with Gasteiger partial charge in [-0.05, 0) is 136 Å². The van der Waals surface area contributed by atoms with E-state index < -0.39 is 125 Å². The molecule has 0 saturated carbocycles. The summed E-state index contributed by atoms with van der Waals surface area (Å²) in [5.74, 6) is -9.60. The van der Waals surface area contributed by atoms with Gasteiger partial charge in [0.15, 0.2) is 11.9 Å². The molecule has 10 unspecified atom stereocenters. The van der Waals surface area contributed by atoms with E-state index in [1.807, 2.05) is 0 Å². The second kappa shape index (κ2) is 41.9. The van der Waals surface area contributed by atoms with Crippen molar-refractivity contribution in [2.75, 3.05) is 26.2 Å². The Balaban J connectivity index is 1.45. The summed E-state index contributed by atoms with van der Waals surface area (Å²) in [7, 11) is 0. The standard InChI is InChI=1S/C71H103N17O13/c1-5-43(4)59(67(98)86-57(69(100)101)37-42(2)3)87-65(96)56(41-47-27-31-49(90)32-28-47)85-66(97)58-24-16-36-88(58)68(99)53(23-15-35-79-71(76)77)82-61(92)52(22-14-34-78-70(74)75)81-63(94)54(39-44-17-8-6-9-18-44)84-64(95)55(40-45-19-10-7-11-20-45)83-62(93)51(21-12-13-33-72)80-60(91)50(73)38-46-25-29-48(89)30-26-46/h6-11,17-20,25-32,42-43,50-59,89-90H,5,12-16,21-24,33-41,72-73H2,1-4H3,(H,80,91)(H,81,94)(H,82,92)(H,83,93)(H,84,95)(H,85,97)(H,86,98)(H,87,96)(H,100,101)(H4,74,75,78)(H4,76,77,79)/t43?,50?,51-,52?,53?,54?,55?,56?,57?,58?,59?/m1/s1. The normalized spacial score (nSPS) is 15.6. The number of nitrogens with one attached hydrogen (secondary N) is 12. The quantitative estimate of drug-likeness (QED) is 0.0162. The van der Waals surface area contributed by atoms with E-state index in [1.165, 1.54) is 29.2 Å². The third-order valence-electron chi connectivity index (χ3n) is 17.3. The molecule has 550 valence electrons. The second-order valence-electron chi connectivity index (χ2n) is 25.9. The van der Waals surface area contributed by atoms with Gasteiger partial charge in [0.05, 0.1) is 6.04 Å². The number of hydrogen-bond acceptors (Lipinski definition) is 16. The van der Waals surface area contributed by atoms with Gasteiger partial charge in [-0.3, -0.25) is 54.0 Å². The number of benzene rings is 4. The Morgan fingerprint density at radius 3 is 1.38 bits per heavy atom. The molecule has 1 fully saturated rings. The molecule has 30 nitrogen and oxygen atoms in total. The largest absolute Gasteiger partial charge is 0.508 e. The molecule has 30 heteroatoms. The molecule has 0 aliphatic carbocycles. The molecular weight excluding hydrogens is 1300 g/mol. The van der Waals surface area contributed by atoms with Crippen molar-refractivity contribution in [3.05, 3.63) is 131 Å². The lowest BCUT2D eigenvalue weighted by molar-refractivity contribution is -0.143. The van der Waals surface area contributed by atoms with E-state index in [0.717, 1.165) is 0 Å². The summed E-state index contributed by atoms with van der Waals surface area (Å²) in [5.41, 5.74) is 25.7. The number of phenolic OH excluding ortho intramolecular Hbond substituents is 2.